The van der Waals surface area contributed by atoms with E-state index in [1.807, 2.05) is 49.1 Å². The van der Waals surface area contributed by atoms with E-state index in [0.29, 0.717) is 50.4 Å². The van der Waals surface area contributed by atoms with Crippen molar-refractivity contribution in [2.45, 2.75) is 58.6 Å². The predicted octanol–water partition coefficient (Wildman–Crippen LogP) is 4.20. The van der Waals surface area contributed by atoms with Crippen molar-refractivity contribution in [3.8, 4) is 11.6 Å². The summed E-state index contributed by atoms with van der Waals surface area (Å²) in [6, 6.07) is 12.0. The van der Waals surface area contributed by atoms with Crippen molar-refractivity contribution in [2.75, 3.05) is 53.6 Å². The molecule has 3 heterocycles. The fraction of sp³-hybridized carbons (Fsp3) is 0.625. The van der Waals surface area contributed by atoms with Crippen molar-refractivity contribution < 1.29 is 24.1 Å². The Morgan fingerprint density at radius 2 is 1.88 bits per heavy atom. The smallest absolute Gasteiger partial charge is 0.222 e. The molecule has 1 aromatic carbocycles. The Bertz CT molecular complexity index is 1080. The fourth-order valence-corrected chi connectivity index (χ4v) is 5.93. The molecule has 2 aliphatic heterocycles. The number of methoxy groups -OCH3 is 2. The molecule has 2 fully saturated rings. The van der Waals surface area contributed by atoms with Gasteiger partial charge in [0.05, 0.1) is 26.9 Å². The van der Waals surface area contributed by atoms with Gasteiger partial charge < -0.3 is 24.2 Å². The highest BCUT2D eigenvalue weighted by atomic mass is 16.5. The van der Waals surface area contributed by atoms with Crippen molar-refractivity contribution in [3.05, 3.63) is 53.7 Å². The summed E-state index contributed by atoms with van der Waals surface area (Å²) >= 11 is 0. The SMILES string of the molecule is COc1ccc(CCN2C[C@H](O)C(C)(C)COCCC[C@H]3CN(Cc4cccnc4OC)CC[C@H]3CC2=O)cc1. The molecule has 8 nitrogen and oxygen atoms in total. The van der Waals surface area contributed by atoms with Crippen LogP contribution in [0.1, 0.15) is 50.7 Å². The molecular weight excluding hydrogens is 506 g/mol. The van der Waals surface area contributed by atoms with Gasteiger partial charge in [-0.15, -0.1) is 0 Å². The molecule has 4 rings (SSSR count). The number of pyridine rings is 1. The van der Waals surface area contributed by atoms with E-state index in [2.05, 4.69) is 16.0 Å². The minimum absolute atomic E-state index is 0.140. The fourth-order valence-electron chi connectivity index (χ4n) is 5.93. The number of benzene rings is 1. The number of amides is 1. The molecule has 1 N–H and O–H groups in total. The molecule has 0 unspecified atom stereocenters. The van der Waals surface area contributed by atoms with Crippen LogP contribution in [0.2, 0.25) is 0 Å². The maximum absolute atomic E-state index is 13.8. The molecule has 2 aliphatic rings. The largest absolute Gasteiger partial charge is 0.497 e. The van der Waals surface area contributed by atoms with Crippen molar-refractivity contribution in [3.63, 3.8) is 0 Å². The van der Waals surface area contributed by atoms with E-state index in [1.165, 1.54) is 0 Å². The maximum atomic E-state index is 13.8. The normalized spacial score (nSPS) is 24.8. The number of aromatic nitrogens is 1. The van der Waals surface area contributed by atoms with Crippen LogP contribution in [-0.4, -0.2) is 85.5 Å². The van der Waals surface area contributed by atoms with Crippen LogP contribution in [0.3, 0.4) is 0 Å². The van der Waals surface area contributed by atoms with Crippen LogP contribution in [0.15, 0.2) is 42.6 Å². The first-order valence-electron chi connectivity index (χ1n) is 14.7. The molecule has 0 aliphatic carbocycles. The van der Waals surface area contributed by atoms with E-state index in [1.54, 1.807) is 20.4 Å². The lowest BCUT2D eigenvalue weighted by Crippen LogP contribution is -2.47. The first kappa shape index (κ1) is 30.3. The van der Waals surface area contributed by atoms with E-state index in [-0.39, 0.29) is 5.91 Å². The summed E-state index contributed by atoms with van der Waals surface area (Å²) in [4.78, 5) is 22.6. The van der Waals surface area contributed by atoms with Gasteiger partial charge in [0.25, 0.3) is 0 Å². The van der Waals surface area contributed by atoms with E-state index in [9.17, 15) is 9.90 Å². The number of likely N-dealkylation sites (tertiary alicyclic amines) is 1. The number of ether oxygens (including phenoxy) is 3. The first-order valence-corrected chi connectivity index (χ1v) is 14.7. The van der Waals surface area contributed by atoms with E-state index in [0.717, 1.165) is 62.2 Å². The molecule has 2 aromatic rings. The summed E-state index contributed by atoms with van der Waals surface area (Å²) in [5.41, 5.74) is 1.79. The number of piperidine rings is 1. The van der Waals surface area contributed by atoms with Crippen molar-refractivity contribution in [1.29, 1.82) is 0 Å². The second-order valence-electron chi connectivity index (χ2n) is 12.1. The second kappa shape index (κ2) is 14.3. The number of hydrogen-bond acceptors (Lipinski definition) is 7. The number of aliphatic hydroxyl groups excluding tert-OH is 1. The predicted molar refractivity (Wildman–Crippen MR) is 155 cm³/mol. The Hall–Kier alpha value is -2.68. The van der Waals surface area contributed by atoms with E-state index >= 15 is 0 Å². The highest BCUT2D eigenvalue weighted by Gasteiger charge is 2.35. The summed E-state index contributed by atoms with van der Waals surface area (Å²) in [6.45, 7) is 8.74. The van der Waals surface area contributed by atoms with Gasteiger partial charge in [0.15, 0.2) is 0 Å². The number of nitrogens with zero attached hydrogens (tertiary/aromatic N) is 3. The monoisotopic (exact) mass is 553 g/mol. The Balaban J connectivity index is 1.47. The van der Waals surface area contributed by atoms with Crippen LogP contribution in [0, 0.1) is 17.3 Å². The highest BCUT2D eigenvalue weighted by molar-refractivity contribution is 5.76. The molecule has 2 saturated heterocycles. The summed E-state index contributed by atoms with van der Waals surface area (Å²) in [5, 5.41) is 11.2. The van der Waals surface area contributed by atoms with Gasteiger partial charge in [-0.1, -0.05) is 32.0 Å². The van der Waals surface area contributed by atoms with Gasteiger partial charge in [0, 0.05) is 56.4 Å². The van der Waals surface area contributed by atoms with Gasteiger partial charge in [-0.25, -0.2) is 4.98 Å². The lowest BCUT2D eigenvalue weighted by molar-refractivity contribution is -0.136. The zero-order valence-corrected chi connectivity index (χ0v) is 24.7. The third-order valence-corrected chi connectivity index (χ3v) is 8.66. The Morgan fingerprint density at radius 1 is 1.07 bits per heavy atom. The summed E-state index contributed by atoms with van der Waals surface area (Å²) < 4.78 is 16.8. The molecule has 1 aromatic heterocycles. The third-order valence-electron chi connectivity index (χ3n) is 8.66. The highest BCUT2D eigenvalue weighted by Crippen LogP contribution is 2.33. The van der Waals surface area contributed by atoms with Crippen molar-refractivity contribution >= 4 is 5.91 Å². The van der Waals surface area contributed by atoms with E-state index in [4.69, 9.17) is 14.2 Å². The molecule has 220 valence electrons. The van der Waals surface area contributed by atoms with E-state index < -0.39 is 11.5 Å². The van der Waals surface area contributed by atoms with Crippen LogP contribution >= 0.6 is 0 Å². The zero-order valence-electron chi connectivity index (χ0n) is 24.7. The zero-order chi connectivity index (χ0) is 28.5. The van der Waals surface area contributed by atoms with Gasteiger partial charge in [0.1, 0.15) is 5.75 Å². The molecule has 1 amide bonds. The average Bonchev–Trinajstić information content (AvgIpc) is 2.96. The molecule has 8 heteroatoms. The van der Waals surface area contributed by atoms with Crippen molar-refractivity contribution in [2.24, 2.45) is 17.3 Å². The average molecular weight is 554 g/mol. The van der Waals surface area contributed by atoms with Crippen LogP contribution in [0.25, 0.3) is 0 Å². The molecular formula is C32H47N3O5. The Labute approximate surface area is 239 Å². The number of carbonyl (C=O) groups is 1. The molecule has 0 saturated carbocycles. The molecule has 0 spiro atoms. The Morgan fingerprint density at radius 3 is 2.62 bits per heavy atom. The minimum atomic E-state index is -0.667. The summed E-state index contributed by atoms with van der Waals surface area (Å²) in [6.07, 6.45) is 5.29. The first-order chi connectivity index (χ1) is 19.3. The quantitative estimate of drug-likeness (QED) is 0.550. The topological polar surface area (TPSA) is 84.4 Å². The maximum Gasteiger partial charge on any atom is 0.222 e. The molecule has 0 bridgehead atoms. The summed E-state index contributed by atoms with van der Waals surface area (Å²) in [7, 11) is 3.32. The number of hydrogen-bond donors (Lipinski definition) is 1. The van der Waals surface area contributed by atoms with Crippen molar-refractivity contribution in [1.82, 2.24) is 14.8 Å². The lowest BCUT2D eigenvalue weighted by atomic mass is 9.80. The van der Waals surface area contributed by atoms with Crippen LogP contribution < -0.4 is 9.47 Å². The molecule has 3 atom stereocenters. The third kappa shape index (κ3) is 8.18. The number of β-amino-alcohol motifs (C(OH)–C–C–N with tert-alkyl or cyclic N) is 1. The molecule has 40 heavy (non-hydrogen) atoms. The number of aliphatic hydroxyl groups is 1. The van der Waals surface area contributed by atoms with Gasteiger partial charge in [-0.3, -0.25) is 9.69 Å². The minimum Gasteiger partial charge on any atom is -0.497 e. The number of rotatable bonds is 7. The van der Waals surface area contributed by atoms with Crippen LogP contribution in [0.4, 0.5) is 0 Å². The van der Waals surface area contributed by atoms with Gasteiger partial charge in [-0.05, 0) is 67.8 Å². The Kier molecular flexibility index (Phi) is 10.8. The van der Waals surface area contributed by atoms with Gasteiger partial charge in [0.2, 0.25) is 11.8 Å². The van der Waals surface area contributed by atoms with Gasteiger partial charge >= 0.3 is 0 Å². The standard InChI is InChI=1S/C32H47N3O5/c1-32(2)23-40-18-6-8-26-20-34(21-27-7-5-15-33-31(27)39-4)16-14-25(26)19-30(37)35(22-29(32)36)17-13-24-9-11-28(38-3)12-10-24/h5,7,9-12,15,25-26,29,36H,6,8,13-14,16-23H2,1-4H3/t25-,26-,29-/m0/s1. The summed E-state index contributed by atoms with van der Waals surface area (Å²) in [5.74, 6) is 2.36. The number of carbonyl (C=O) groups excluding carboxylic acids is 1. The van der Waals surface area contributed by atoms with Crippen LogP contribution in [0.5, 0.6) is 11.6 Å². The molecule has 0 radical (unpaired) electrons. The van der Waals surface area contributed by atoms with Gasteiger partial charge in [-0.2, -0.15) is 0 Å². The lowest BCUT2D eigenvalue weighted by Gasteiger charge is -2.39. The van der Waals surface area contributed by atoms with Crippen LogP contribution in [-0.2, 0) is 22.5 Å². The number of fused-ring (bicyclic) bond motifs is 1. The second-order valence-corrected chi connectivity index (χ2v) is 12.1.